The number of hydrogen-bond donors (Lipinski definition) is 2. The topological polar surface area (TPSA) is 77.8 Å². The molecule has 0 saturated carbocycles. The Labute approximate surface area is 122 Å². The van der Waals surface area contributed by atoms with Crippen molar-refractivity contribution in [3.63, 3.8) is 0 Å². The van der Waals surface area contributed by atoms with E-state index in [9.17, 15) is 0 Å². The van der Waals surface area contributed by atoms with Gasteiger partial charge in [0.1, 0.15) is 5.69 Å². The van der Waals surface area contributed by atoms with Crippen molar-refractivity contribution in [2.24, 2.45) is 5.73 Å². The van der Waals surface area contributed by atoms with Crippen molar-refractivity contribution < 1.29 is 0 Å². The summed E-state index contributed by atoms with van der Waals surface area (Å²) in [6.45, 7) is 0.438. The van der Waals surface area contributed by atoms with Crippen LogP contribution >= 0.6 is 48.6 Å². The molecule has 0 radical (unpaired) electrons. The van der Waals surface area contributed by atoms with E-state index in [1.165, 1.54) is 11.3 Å². The molecule has 0 saturated heterocycles. The molecule has 0 aliphatic rings. The van der Waals surface area contributed by atoms with Crippen LogP contribution in [-0.4, -0.2) is 9.97 Å². The fraction of sp³-hybridized carbons (Fsp3) is 0.111. The molecule has 4 N–H and O–H groups in total. The summed E-state index contributed by atoms with van der Waals surface area (Å²) in [6, 6.07) is 5.70. The summed E-state index contributed by atoms with van der Waals surface area (Å²) < 4.78 is 0. The van der Waals surface area contributed by atoms with Crippen LogP contribution in [0.25, 0.3) is 11.4 Å². The normalized spacial score (nSPS) is 8.53. The SMILES string of the molecule is Cl.Cl.Cl.NCc1cccc(-c2csc(N)n2)n1. The number of aromatic nitrogens is 2. The van der Waals surface area contributed by atoms with E-state index in [-0.39, 0.29) is 37.2 Å². The molecule has 0 unspecified atom stereocenters. The molecule has 4 nitrogen and oxygen atoms in total. The zero-order chi connectivity index (χ0) is 9.97. The van der Waals surface area contributed by atoms with Crippen LogP contribution in [0, 0.1) is 0 Å². The van der Waals surface area contributed by atoms with E-state index < -0.39 is 0 Å². The minimum Gasteiger partial charge on any atom is -0.375 e. The van der Waals surface area contributed by atoms with E-state index in [1.54, 1.807) is 0 Å². The monoisotopic (exact) mass is 314 g/mol. The molecule has 2 aromatic heterocycles. The summed E-state index contributed by atoms with van der Waals surface area (Å²) in [4.78, 5) is 8.49. The van der Waals surface area contributed by atoms with Gasteiger partial charge in [0.2, 0.25) is 0 Å². The van der Waals surface area contributed by atoms with Gasteiger partial charge in [-0.3, -0.25) is 0 Å². The van der Waals surface area contributed by atoms with Crippen molar-refractivity contribution in [1.29, 1.82) is 0 Å². The average Bonchev–Trinajstić information content (AvgIpc) is 2.65. The zero-order valence-corrected chi connectivity index (χ0v) is 12.0. The molecule has 0 amide bonds. The lowest BCUT2D eigenvalue weighted by Crippen LogP contribution is -1.99. The summed E-state index contributed by atoms with van der Waals surface area (Å²) in [6.07, 6.45) is 0. The number of halogens is 3. The van der Waals surface area contributed by atoms with Gasteiger partial charge in [0, 0.05) is 11.9 Å². The van der Waals surface area contributed by atoms with Crippen LogP contribution in [0.1, 0.15) is 5.69 Å². The van der Waals surface area contributed by atoms with Gasteiger partial charge in [0.25, 0.3) is 0 Å². The number of rotatable bonds is 2. The molecule has 8 heteroatoms. The highest BCUT2D eigenvalue weighted by Gasteiger charge is 2.03. The number of nitrogen functional groups attached to an aromatic ring is 1. The fourth-order valence-corrected chi connectivity index (χ4v) is 1.70. The second-order valence-corrected chi connectivity index (χ2v) is 3.68. The Balaban J connectivity index is 0. The Bertz CT molecular complexity index is 449. The van der Waals surface area contributed by atoms with E-state index in [0.29, 0.717) is 11.7 Å². The second-order valence-electron chi connectivity index (χ2n) is 2.79. The first-order chi connectivity index (χ1) is 6.79. The molecule has 0 atom stereocenters. The van der Waals surface area contributed by atoms with Crippen molar-refractivity contribution in [3.8, 4) is 11.4 Å². The standard InChI is InChI=1S/C9H10N4S.3ClH/c10-4-6-2-1-3-7(12-6)8-5-14-9(11)13-8;;;/h1-3,5H,4,10H2,(H2,11,13);3*1H. The third kappa shape index (κ3) is 4.65. The number of anilines is 1. The van der Waals surface area contributed by atoms with Crippen LogP contribution in [-0.2, 0) is 6.54 Å². The molecule has 2 aromatic rings. The van der Waals surface area contributed by atoms with Gasteiger partial charge in [-0.1, -0.05) is 6.07 Å². The minimum absolute atomic E-state index is 0. The van der Waals surface area contributed by atoms with Gasteiger partial charge in [-0.05, 0) is 12.1 Å². The Morgan fingerprint density at radius 1 is 1.06 bits per heavy atom. The van der Waals surface area contributed by atoms with Gasteiger partial charge >= 0.3 is 0 Å². The van der Waals surface area contributed by atoms with Crippen LogP contribution in [0.5, 0.6) is 0 Å². The molecule has 17 heavy (non-hydrogen) atoms. The smallest absolute Gasteiger partial charge is 0.180 e. The molecular formula is C9H13Cl3N4S. The van der Waals surface area contributed by atoms with E-state index in [1.807, 2.05) is 23.6 Å². The molecule has 0 aliphatic carbocycles. The highest BCUT2D eigenvalue weighted by atomic mass is 35.5. The number of pyridine rings is 1. The third-order valence-electron chi connectivity index (χ3n) is 1.80. The van der Waals surface area contributed by atoms with Crippen LogP contribution in [0.3, 0.4) is 0 Å². The Kier molecular flexibility index (Phi) is 9.38. The molecule has 0 aliphatic heterocycles. The van der Waals surface area contributed by atoms with Crippen LogP contribution in [0.4, 0.5) is 5.13 Å². The first-order valence-corrected chi connectivity index (χ1v) is 5.05. The third-order valence-corrected chi connectivity index (χ3v) is 2.47. The van der Waals surface area contributed by atoms with E-state index in [4.69, 9.17) is 11.5 Å². The average molecular weight is 316 g/mol. The molecule has 2 heterocycles. The predicted octanol–water partition coefficient (Wildman–Crippen LogP) is 2.51. The lowest BCUT2D eigenvalue weighted by Gasteiger charge is -1.98. The highest BCUT2D eigenvalue weighted by molar-refractivity contribution is 7.13. The predicted molar refractivity (Wildman–Crippen MR) is 79.4 cm³/mol. The summed E-state index contributed by atoms with van der Waals surface area (Å²) in [5.74, 6) is 0. The van der Waals surface area contributed by atoms with Crippen molar-refractivity contribution in [1.82, 2.24) is 9.97 Å². The quantitative estimate of drug-likeness (QED) is 0.892. The molecule has 2 rings (SSSR count). The summed E-state index contributed by atoms with van der Waals surface area (Å²) >= 11 is 1.41. The summed E-state index contributed by atoms with van der Waals surface area (Å²) in [5.41, 5.74) is 13.5. The lowest BCUT2D eigenvalue weighted by atomic mass is 10.2. The lowest BCUT2D eigenvalue weighted by molar-refractivity contribution is 0.992. The van der Waals surface area contributed by atoms with Gasteiger partial charge in [0.15, 0.2) is 5.13 Å². The maximum absolute atomic E-state index is 5.54. The zero-order valence-electron chi connectivity index (χ0n) is 8.70. The van der Waals surface area contributed by atoms with Crippen LogP contribution < -0.4 is 11.5 Å². The minimum atomic E-state index is 0. The Morgan fingerprint density at radius 2 is 1.76 bits per heavy atom. The largest absolute Gasteiger partial charge is 0.375 e. The first kappa shape index (κ1) is 18.8. The number of nitrogens with two attached hydrogens (primary N) is 2. The molecule has 0 fully saturated rings. The fourth-order valence-electron chi connectivity index (χ4n) is 1.14. The van der Waals surface area contributed by atoms with Crippen molar-refractivity contribution in [2.45, 2.75) is 6.54 Å². The van der Waals surface area contributed by atoms with Crippen LogP contribution in [0.2, 0.25) is 0 Å². The van der Waals surface area contributed by atoms with E-state index in [2.05, 4.69) is 9.97 Å². The molecule has 96 valence electrons. The number of nitrogens with zero attached hydrogens (tertiary/aromatic N) is 2. The second kappa shape index (κ2) is 8.49. The first-order valence-electron chi connectivity index (χ1n) is 4.17. The molecule has 0 spiro atoms. The van der Waals surface area contributed by atoms with Gasteiger partial charge in [-0.25, -0.2) is 9.97 Å². The summed E-state index contributed by atoms with van der Waals surface area (Å²) in [5, 5.41) is 2.44. The van der Waals surface area contributed by atoms with Crippen LogP contribution in [0.15, 0.2) is 23.6 Å². The number of thiazole rings is 1. The Morgan fingerprint density at radius 3 is 2.29 bits per heavy atom. The maximum Gasteiger partial charge on any atom is 0.180 e. The molecule has 0 bridgehead atoms. The van der Waals surface area contributed by atoms with Crippen molar-refractivity contribution in [3.05, 3.63) is 29.3 Å². The van der Waals surface area contributed by atoms with Crippen molar-refractivity contribution in [2.75, 3.05) is 5.73 Å². The molecule has 0 aromatic carbocycles. The highest BCUT2D eigenvalue weighted by Crippen LogP contribution is 2.21. The van der Waals surface area contributed by atoms with Gasteiger partial charge < -0.3 is 11.5 Å². The summed E-state index contributed by atoms with van der Waals surface area (Å²) in [7, 11) is 0. The van der Waals surface area contributed by atoms with E-state index in [0.717, 1.165) is 17.1 Å². The maximum atomic E-state index is 5.54. The number of hydrogen-bond acceptors (Lipinski definition) is 5. The van der Waals surface area contributed by atoms with Gasteiger partial charge in [0.05, 0.1) is 11.4 Å². The molecular weight excluding hydrogens is 303 g/mol. The van der Waals surface area contributed by atoms with Gasteiger partial charge in [-0.2, -0.15) is 0 Å². The Hall–Kier alpha value is -0.590. The van der Waals surface area contributed by atoms with E-state index >= 15 is 0 Å². The van der Waals surface area contributed by atoms with Gasteiger partial charge in [-0.15, -0.1) is 48.6 Å². The van der Waals surface area contributed by atoms with Crippen molar-refractivity contribution >= 4 is 53.7 Å².